The van der Waals surface area contributed by atoms with Crippen molar-refractivity contribution in [1.82, 2.24) is 9.97 Å². The number of carbonyl (C=O) groups is 1. The Morgan fingerprint density at radius 1 is 1.09 bits per heavy atom. The number of aromatic amines is 1. The van der Waals surface area contributed by atoms with Gasteiger partial charge in [0.2, 0.25) is 0 Å². The van der Waals surface area contributed by atoms with E-state index < -0.39 is 0 Å². The predicted octanol–water partition coefficient (Wildman–Crippen LogP) is 3.92. The third-order valence-electron chi connectivity index (χ3n) is 3.37. The van der Waals surface area contributed by atoms with Crippen LogP contribution < -0.4 is 0 Å². The number of hydrogen-bond donors (Lipinski definition) is 1. The summed E-state index contributed by atoms with van der Waals surface area (Å²) in [7, 11) is 0. The number of nitrogens with one attached hydrogen (secondary N) is 1. The van der Waals surface area contributed by atoms with Crippen molar-refractivity contribution in [2.24, 2.45) is 0 Å². The highest BCUT2D eigenvalue weighted by molar-refractivity contribution is 5.98. The second-order valence-electron chi connectivity index (χ2n) is 4.79. The fraction of sp³-hybridized carbons (Fsp3) is 0.111. The van der Waals surface area contributed by atoms with Crippen LogP contribution in [0.2, 0.25) is 0 Å². The first-order valence-corrected chi connectivity index (χ1v) is 7.15. The normalized spacial score (nSPS) is 10.4. The molecule has 1 aromatic carbocycles. The first-order valence-electron chi connectivity index (χ1n) is 7.15. The average molecular weight is 292 g/mol. The van der Waals surface area contributed by atoms with E-state index in [1.165, 1.54) is 0 Å². The highest BCUT2D eigenvalue weighted by Crippen LogP contribution is 2.29. The van der Waals surface area contributed by atoms with Crippen molar-refractivity contribution in [3.05, 3.63) is 66.5 Å². The topological polar surface area (TPSA) is 55.0 Å². The smallest absolute Gasteiger partial charge is 0.340 e. The van der Waals surface area contributed by atoms with E-state index in [0.29, 0.717) is 12.2 Å². The minimum Gasteiger partial charge on any atom is -0.462 e. The van der Waals surface area contributed by atoms with Crippen molar-refractivity contribution in [3.8, 4) is 22.5 Å². The van der Waals surface area contributed by atoms with Gasteiger partial charge in [0.05, 0.1) is 17.9 Å². The summed E-state index contributed by atoms with van der Waals surface area (Å²) in [5.74, 6) is -0.321. The van der Waals surface area contributed by atoms with Crippen molar-refractivity contribution in [1.29, 1.82) is 0 Å². The molecular weight excluding hydrogens is 276 g/mol. The molecule has 22 heavy (non-hydrogen) atoms. The Kier molecular flexibility index (Phi) is 4.01. The van der Waals surface area contributed by atoms with E-state index in [9.17, 15) is 4.79 Å². The maximum Gasteiger partial charge on any atom is 0.340 e. The van der Waals surface area contributed by atoms with E-state index in [4.69, 9.17) is 4.74 Å². The second kappa shape index (κ2) is 6.26. The summed E-state index contributed by atoms with van der Waals surface area (Å²) in [6.45, 7) is 2.15. The minimum atomic E-state index is -0.321. The molecule has 0 saturated carbocycles. The van der Waals surface area contributed by atoms with E-state index in [-0.39, 0.29) is 5.97 Å². The standard InChI is InChI=1S/C18H16N2O2/c1-2-22-18(21)15-12-16(13-8-10-19-11-9-13)20-17(15)14-6-4-3-5-7-14/h3-12,20H,2H2,1H3. The van der Waals surface area contributed by atoms with E-state index >= 15 is 0 Å². The van der Waals surface area contributed by atoms with Gasteiger partial charge in [0.1, 0.15) is 0 Å². The Bertz CT molecular complexity index is 764. The zero-order valence-electron chi connectivity index (χ0n) is 12.2. The number of hydrogen-bond acceptors (Lipinski definition) is 3. The summed E-state index contributed by atoms with van der Waals surface area (Å²) < 4.78 is 5.17. The monoisotopic (exact) mass is 292 g/mol. The largest absolute Gasteiger partial charge is 0.462 e. The molecule has 0 unspecified atom stereocenters. The number of H-pyrrole nitrogens is 1. The van der Waals surface area contributed by atoms with Crippen molar-refractivity contribution in [3.63, 3.8) is 0 Å². The summed E-state index contributed by atoms with van der Waals surface area (Å²) in [5, 5.41) is 0. The average Bonchev–Trinajstić information content (AvgIpc) is 3.02. The summed E-state index contributed by atoms with van der Waals surface area (Å²) in [6.07, 6.45) is 3.45. The van der Waals surface area contributed by atoms with Gasteiger partial charge in [0, 0.05) is 23.7 Å². The number of esters is 1. The van der Waals surface area contributed by atoms with E-state index in [1.54, 1.807) is 19.3 Å². The molecule has 0 aliphatic rings. The van der Waals surface area contributed by atoms with Gasteiger partial charge in [-0.25, -0.2) is 4.79 Å². The summed E-state index contributed by atoms with van der Waals surface area (Å²) >= 11 is 0. The molecule has 1 N–H and O–H groups in total. The summed E-state index contributed by atoms with van der Waals surface area (Å²) in [6, 6.07) is 15.4. The molecule has 4 nitrogen and oxygen atoms in total. The molecule has 0 radical (unpaired) electrons. The van der Waals surface area contributed by atoms with E-state index in [1.807, 2.05) is 48.5 Å². The van der Waals surface area contributed by atoms with Gasteiger partial charge in [0.15, 0.2) is 0 Å². The molecule has 0 aliphatic heterocycles. The molecule has 2 heterocycles. The van der Waals surface area contributed by atoms with Crippen LogP contribution in [0.15, 0.2) is 60.9 Å². The third kappa shape index (κ3) is 2.76. The highest BCUT2D eigenvalue weighted by Gasteiger charge is 2.18. The molecule has 0 spiro atoms. The van der Waals surface area contributed by atoms with E-state index in [2.05, 4.69) is 9.97 Å². The molecule has 0 amide bonds. The molecule has 0 saturated heterocycles. The van der Waals surface area contributed by atoms with Gasteiger partial charge < -0.3 is 9.72 Å². The van der Waals surface area contributed by atoms with Crippen LogP contribution in [0.1, 0.15) is 17.3 Å². The number of carbonyl (C=O) groups excluding carboxylic acids is 1. The Morgan fingerprint density at radius 3 is 2.50 bits per heavy atom. The van der Waals surface area contributed by atoms with Crippen molar-refractivity contribution in [2.75, 3.05) is 6.61 Å². The number of aromatic nitrogens is 2. The maximum absolute atomic E-state index is 12.2. The van der Waals surface area contributed by atoms with Gasteiger partial charge in [0.25, 0.3) is 0 Å². The molecule has 4 heteroatoms. The Hall–Kier alpha value is -2.88. The minimum absolute atomic E-state index is 0.321. The summed E-state index contributed by atoms with van der Waals surface area (Å²) in [5.41, 5.74) is 4.10. The number of nitrogens with zero attached hydrogens (tertiary/aromatic N) is 1. The fourth-order valence-corrected chi connectivity index (χ4v) is 2.34. The van der Waals surface area contributed by atoms with Crippen molar-refractivity contribution >= 4 is 5.97 Å². The Morgan fingerprint density at radius 2 is 1.82 bits per heavy atom. The maximum atomic E-state index is 12.2. The molecular formula is C18H16N2O2. The molecule has 110 valence electrons. The first-order chi connectivity index (χ1) is 10.8. The van der Waals surface area contributed by atoms with Gasteiger partial charge in [-0.3, -0.25) is 4.98 Å². The first kappa shape index (κ1) is 14.1. The Balaban J connectivity index is 2.11. The van der Waals surface area contributed by atoms with Crippen LogP contribution in [0.3, 0.4) is 0 Å². The molecule has 3 aromatic rings. The SMILES string of the molecule is CCOC(=O)c1cc(-c2ccncc2)[nH]c1-c1ccccc1. The molecule has 0 bridgehead atoms. The fourth-order valence-electron chi connectivity index (χ4n) is 2.34. The molecule has 2 aromatic heterocycles. The van der Waals surface area contributed by atoms with Crippen LogP contribution in [0.5, 0.6) is 0 Å². The lowest BCUT2D eigenvalue weighted by molar-refractivity contribution is 0.0527. The second-order valence-corrected chi connectivity index (χ2v) is 4.79. The van der Waals surface area contributed by atoms with Crippen molar-refractivity contribution in [2.45, 2.75) is 6.92 Å². The lowest BCUT2D eigenvalue weighted by Crippen LogP contribution is -2.04. The van der Waals surface area contributed by atoms with Gasteiger partial charge in [-0.1, -0.05) is 30.3 Å². The van der Waals surface area contributed by atoms with Gasteiger partial charge in [-0.05, 0) is 30.7 Å². The van der Waals surface area contributed by atoms with Crippen LogP contribution in [-0.4, -0.2) is 22.5 Å². The predicted molar refractivity (Wildman–Crippen MR) is 85.4 cm³/mol. The van der Waals surface area contributed by atoms with Gasteiger partial charge >= 0.3 is 5.97 Å². The molecule has 0 fully saturated rings. The van der Waals surface area contributed by atoms with Crippen LogP contribution in [0.4, 0.5) is 0 Å². The quantitative estimate of drug-likeness (QED) is 0.741. The Labute approximate surface area is 128 Å². The lowest BCUT2D eigenvalue weighted by Gasteiger charge is -2.03. The van der Waals surface area contributed by atoms with Crippen LogP contribution >= 0.6 is 0 Å². The lowest BCUT2D eigenvalue weighted by atomic mass is 10.1. The number of benzene rings is 1. The molecule has 3 rings (SSSR count). The van der Waals surface area contributed by atoms with Crippen molar-refractivity contribution < 1.29 is 9.53 Å². The van der Waals surface area contributed by atoms with Gasteiger partial charge in [-0.15, -0.1) is 0 Å². The number of rotatable bonds is 4. The third-order valence-corrected chi connectivity index (χ3v) is 3.37. The molecule has 0 aliphatic carbocycles. The number of pyridine rings is 1. The van der Waals surface area contributed by atoms with E-state index in [0.717, 1.165) is 22.5 Å². The molecule has 0 atom stereocenters. The van der Waals surface area contributed by atoms with Crippen LogP contribution in [0, 0.1) is 0 Å². The summed E-state index contributed by atoms with van der Waals surface area (Å²) in [4.78, 5) is 19.6. The number of ether oxygens (including phenoxy) is 1. The highest BCUT2D eigenvalue weighted by atomic mass is 16.5. The van der Waals surface area contributed by atoms with Crippen LogP contribution in [0.25, 0.3) is 22.5 Å². The van der Waals surface area contributed by atoms with Crippen LogP contribution in [-0.2, 0) is 4.74 Å². The zero-order valence-corrected chi connectivity index (χ0v) is 12.2. The van der Waals surface area contributed by atoms with Gasteiger partial charge in [-0.2, -0.15) is 0 Å². The zero-order chi connectivity index (χ0) is 15.4.